The standard InChI is InChI=1S/C14H21NO2.C13H19NO2/c1-11(2)9-10-17-14(16)12-7-5-6-8-13(12)15(3)4;1-4-5-10-16-13(15)11-8-6-7-9-12(11)14(2)3/h5-8,11H,9-10H2,1-4H3;6-9H,4-5,10H2,1-3H3. The first-order valence-corrected chi connectivity index (χ1v) is 11.6. The molecular weight excluding hydrogens is 416 g/mol. The minimum Gasteiger partial charge on any atom is -0.462 e. The number of unbranched alkanes of at least 4 members (excludes halogenated alkanes) is 1. The molecule has 6 heteroatoms. The van der Waals surface area contributed by atoms with Crippen LogP contribution in [-0.4, -0.2) is 53.3 Å². The van der Waals surface area contributed by atoms with E-state index in [1.807, 2.05) is 74.4 Å². The van der Waals surface area contributed by atoms with Gasteiger partial charge in [-0.1, -0.05) is 51.5 Å². The van der Waals surface area contributed by atoms with Crippen LogP contribution in [-0.2, 0) is 9.47 Å². The van der Waals surface area contributed by atoms with E-state index in [9.17, 15) is 9.59 Å². The van der Waals surface area contributed by atoms with Gasteiger partial charge in [0.15, 0.2) is 0 Å². The van der Waals surface area contributed by atoms with Crippen molar-refractivity contribution in [1.29, 1.82) is 0 Å². The lowest BCUT2D eigenvalue weighted by Gasteiger charge is -2.16. The number of anilines is 2. The molecule has 0 saturated carbocycles. The summed E-state index contributed by atoms with van der Waals surface area (Å²) in [5, 5.41) is 0. The Morgan fingerprint density at radius 2 is 1.18 bits per heavy atom. The van der Waals surface area contributed by atoms with E-state index < -0.39 is 0 Å². The number of carbonyl (C=O) groups is 2. The van der Waals surface area contributed by atoms with Crippen LogP contribution in [0.2, 0.25) is 0 Å². The van der Waals surface area contributed by atoms with Crippen LogP contribution in [0.3, 0.4) is 0 Å². The summed E-state index contributed by atoms with van der Waals surface area (Å²) in [7, 11) is 7.66. The van der Waals surface area contributed by atoms with Crippen molar-refractivity contribution in [3.05, 3.63) is 59.7 Å². The number of rotatable bonds is 10. The van der Waals surface area contributed by atoms with Crippen molar-refractivity contribution in [2.24, 2.45) is 5.92 Å². The van der Waals surface area contributed by atoms with Gasteiger partial charge < -0.3 is 19.3 Å². The van der Waals surface area contributed by atoms with Crippen molar-refractivity contribution in [1.82, 2.24) is 0 Å². The van der Waals surface area contributed by atoms with Crippen LogP contribution < -0.4 is 9.80 Å². The maximum Gasteiger partial charge on any atom is 0.340 e. The molecule has 0 spiro atoms. The van der Waals surface area contributed by atoms with Gasteiger partial charge in [-0.2, -0.15) is 0 Å². The summed E-state index contributed by atoms with van der Waals surface area (Å²) >= 11 is 0. The second kappa shape index (κ2) is 14.9. The Morgan fingerprint density at radius 1 is 0.758 bits per heavy atom. The molecular formula is C27H40N2O4. The van der Waals surface area contributed by atoms with Gasteiger partial charge in [0.05, 0.1) is 35.7 Å². The highest BCUT2D eigenvalue weighted by molar-refractivity contribution is 5.96. The van der Waals surface area contributed by atoms with E-state index in [0.29, 0.717) is 30.3 Å². The summed E-state index contributed by atoms with van der Waals surface area (Å²) in [4.78, 5) is 27.5. The smallest absolute Gasteiger partial charge is 0.340 e. The fourth-order valence-corrected chi connectivity index (χ4v) is 2.92. The van der Waals surface area contributed by atoms with Crippen LogP contribution in [0, 0.1) is 5.92 Å². The fraction of sp³-hybridized carbons (Fsp3) is 0.481. The van der Waals surface area contributed by atoms with Gasteiger partial charge in [-0.05, 0) is 43.0 Å². The quantitative estimate of drug-likeness (QED) is 0.339. The first-order chi connectivity index (χ1) is 15.7. The summed E-state index contributed by atoms with van der Waals surface area (Å²) in [5.41, 5.74) is 3.04. The highest BCUT2D eigenvalue weighted by Crippen LogP contribution is 2.20. The first kappa shape index (κ1) is 28.0. The van der Waals surface area contributed by atoms with Gasteiger partial charge in [0.1, 0.15) is 0 Å². The van der Waals surface area contributed by atoms with Crippen LogP contribution in [0.15, 0.2) is 48.5 Å². The molecule has 33 heavy (non-hydrogen) atoms. The molecule has 0 unspecified atom stereocenters. The molecule has 6 nitrogen and oxygen atoms in total. The molecule has 0 bridgehead atoms. The number of ether oxygens (including phenoxy) is 2. The van der Waals surface area contributed by atoms with Crippen molar-refractivity contribution in [3.8, 4) is 0 Å². The molecule has 2 aromatic carbocycles. The van der Waals surface area contributed by atoms with Gasteiger partial charge in [-0.3, -0.25) is 0 Å². The second-order valence-electron chi connectivity index (χ2n) is 8.63. The molecule has 0 saturated heterocycles. The van der Waals surface area contributed by atoms with Gasteiger partial charge in [0, 0.05) is 28.2 Å². The number of hydrogen-bond acceptors (Lipinski definition) is 6. The number of para-hydroxylation sites is 2. The summed E-state index contributed by atoms with van der Waals surface area (Å²) in [6, 6.07) is 15.0. The lowest BCUT2D eigenvalue weighted by molar-refractivity contribution is 0.0483. The lowest BCUT2D eigenvalue weighted by Crippen LogP contribution is -2.16. The summed E-state index contributed by atoms with van der Waals surface area (Å²) in [6.45, 7) is 7.28. The largest absolute Gasteiger partial charge is 0.462 e. The van der Waals surface area contributed by atoms with E-state index >= 15 is 0 Å². The molecule has 0 aliphatic rings. The van der Waals surface area contributed by atoms with Crippen LogP contribution in [0.25, 0.3) is 0 Å². The van der Waals surface area contributed by atoms with Crippen molar-refractivity contribution >= 4 is 23.3 Å². The molecule has 182 valence electrons. The van der Waals surface area contributed by atoms with Gasteiger partial charge >= 0.3 is 11.9 Å². The Labute approximate surface area is 199 Å². The summed E-state index contributed by atoms with van der Waals surface area (Å²) < 4.78 is 10.5. The number of carbonyl (C=O) groups excluding carboxylic acids is 2. The molecule has 0 aromatic heterocycles. The van der Waals surface area contributed by atoms with Crippen LogP contribution >= 0.6 is 0 Å². The zero-order valence-electron chi connectivity index (χ0n) is 21.3. The Balaban J connectivity index is 0.000000331. The fourth-order valence-electron chi connectivity index (χ4n) is 2.92. The van der Waals surface area contributed by atoms with Crippen molar-refractivity contribution in [3.63, 3.8) is 0 Å². The van der Waals surface area contributed by atoms with E-state index in [1.54, 1.807) is 12.1 Å². The Morgan fingerprint density at radius 3 is 1.58 bits per heavy atom. The van der Waals surface area contributed by atoms with E-state index in [2.05, 4.69) is 20.8 Å². The van der Waals surface area contributed by atoms with E-state index in [4.69, 9.17) is 9.47 Å². The van der Waals surface area contributed by atoms with E-state index in [-0.39, 0.29) is 11.9 Å². The third kappa shape index (κ3) is 9.98. The molecule has 2 rings (SSSR count). The molecule has 0 aliphatic carbocycles. The van der Waals surface area contributed by atoms with Gasteiger partial charge in [-0.25, -0.2) is 9.59 Å². The highest BCUT2D eigenvalue weighted by atomic mass is 16.5. The minimum absolute atomic E-state index is 0.238. The molecule has 0 atom stereocenters. The number of benzene rings is 2. The number of nitrogens with zero attached hydrogens (tertiary/aromatic N) is 2. The molecule has 0 heterocycles. The average molecular weight is 457 g/mol. The van der Waals surface area contributed by atoms with Crippen LogP contribution in [0.1, 0.15) is 60.7 Å². The Kier molecular flexibility index (Phi) is 12.7. The van der Waals surface area contributed by atoms with Crippen LogP contribution in [0.5, 0.6) is 0 Å². The normalized spacial score (nSPS) is 10.2. The highest BCUT2D eigenvalue weighted by Gasteiger charge is 2.14. The second-order valence-corrected chi connectivity index (χ2v) is 8.63. The van der Waals surface area contributed by atoms with E-state index in [1.165, 1.54) is 0 Å². The SMILES string of the molecule is CC(C)CCOC(=O)c1ccccc1N(C)C.CCCCOC(=O)c1ccccc1N(C)C. The van der Waals surface area contributed by atoms with Crippen molar-refractivity contribution < 1.29 is 19.1 Å². The van der Waals surface area contributed by atoms with E-state index in [0.717, 1.165) is 30.6 Å². The molecule has 2 aromatic rings. The maximum absolute atomic E-state index is 11.9. The Bertz CT molecular complexity index is 863. The van der Waals surface area contributed by atoms with Crippen molar-refractivity contribution in [2.75, 3.05) is 51.2 Å². The third-order valence-corrected chi connectivity index (χ3v) is 4.87. The van der Waals surface area contributed by atoms with Crippen molar-refractivity contribution in [2.45, 2.75) is 40.0 Å². The van der Waals surface area contributed by atoms with Gasteiger partial charge in [0.25, 0.3) is 0 Å². The third-order valence-electron chi connectivity index (χ3n) is 4.87. The summed E-state index contributed by atoms with van der Waals surface area (Å²) in [5.74, 6) is 0.0691. The molecule has 0 N–H and O–H groups in total. The summed E-state index contributed by atoms with van der Waals surface area (Å²) in [6.07, 6.45) is 2.84. The zero-order chi connectivity index (χ0) is 24.8. The predicted molar refractivity (Wildman–Crippen MR) is 136 cm³/mol. The average Bonchev–Trinajstić information content (AvgIpc) is 2.79. The lowest BCUT2D eigenvalue weighted by atomic mass is 10.1. The molecule has 0 aliphatic heterocycles. The molecule has 0 amide bonds. The van der Waals surface area contributed by atoms with Gasteiger partial charge in [-0.15, -0.1) is 0 Å². The Hall–Kier alpha value is -3.02. The van der Waals surface area contributed by atoms with Gasteiger partial charge in [0.2, 0.25) is 0 Å². The molecule has 0 fully saturated rings. The topological polar surface area (TPSA) is 59.1 Å². The zero-order valence-corrected chi connectivity index (χ0v) is 21.3. The minimum atomic E-state index is -0.241. The monoisotopic (exact) mass is 456 g/mol. The molecule has 0 radical (unpaired) electrons. The first-order valence-electron chi connectivity index (χ1n) is 11.6. The maximum atomic E-state index is 11.9. The number of hydrogen-bond donors (Lipinski definition) is 0. The number of esters is 2. The predicted octanol–water partition coefficient (Wildman–Crippen LogP) is 5.67. The van der Waals surface area contributed by atoms with Crippen LogP contribution in [0.4, 0.5) is 11.4 Å².